The highest BCUT2D eigenvalue weighted by Crippen LogP contribution is 2.27. The van der Waals surface area contributed by atoms with Gasteiger partial charge >= 0.3 is 6.18 Å². The molecule has 0 aromatic rings. The van der Waals surface area contributed by atoms with Crippen molar-refractivity contribution in [2.24, 2.45) is 11.8 Å². The first kappa shape index (κ1) is 14.9. The van der Waals surface area contributed by atoms with Crippen LogP contribution in [0.15, 0.2) is 24.3 Å². The Morgan fingerprint density at radius 2 is 1.81 bits per heavy atom. The van der Waals surface area contributed by atoms with E-state index in [9.17, 15) is 18.0 Å². The number of halogens is 3. The number of allylic oxidation sites excluding steroid dienone is 3. The van der Waals surface area contributed by atoms with Crippen molar-refractivity contribution in [1.82, 2.24) is 0 Å². The van der Waals surface area contributed by atoms with Gasteiger partial charge in [0.1, 0.15) is 5.78 Å². The first-order chi connectivity index (χ1) is 7.18. The van der Waals surface area contributed by atoms with Crippen molar-refractivity contribution in [1.29, 1.82) is 0 Å². The van der Waals surface area contributed by atoms with Crippen LogP contribution >= 0.6 is 0 Å². The Bertz CT molecular complexity index is 287. The molecule has 0 unspecified atom stereocenters. The van der Waals surface area contributed by atoms with Gasteiger partial charge in [-0.25, -0.2) is 0 Å². The predicted molar refractivity (Wildman–Crippen MR) is 58.0 cm³/mol. The molecule has 0 aliphatic carbocycles. The van der Waals surface area contributed by atoms with Gasteiger partial charge in [0.25, 0.3) is 0 Å². The van der Waals surface area contributed by atoms with E-state index in [1.54, 1.807) is 0 Å². The molecule has 0 aromatic heterocycles. The fourth-order valence-corrected chi connectivity index (χ4v) is 1.23. The zero-order valence-corrected chi connectivity index (χ0v) is 9.77. The lowest BCUT2D eigenvalue weighted by atomic mass is 9.95. The molecule has 0 aliphatic rings. The summed E-state index contributed by atoms with van der Waals surface area (Å²) in [6.45, 7) is 8.28. The maximum Gasteiger partial charge on any atom is 0.416 e. The molecule has 1 nitrogen and oxygen atoms in total. The van der Waals surface area contributed by atoms with Gasteiger partial charge in [-0.1, -0.05) is 39.5 Å². The second-order valence-corrected chi connectivity index (χ2v) is 4.18. The summed E-state index contributed by atoms with van der Waals surface area (Å²) in [5, 5.41) is 0. The van der Waals surface area contributed by atoms with Gasteiger partial charge in [-0.2, -0.15) is 13.2 Å². The van der Waals surface area contributed by atoms with Crippen LogP contribution in [0.5, 0.6) is 0 Å². The number of Topliss-reactive ketones (excluding diaryl/α,β-unsaturated/α-hetero) is 1. The molecule has 0 aromatic carbocycles. The normalized spacial score (nSPS) is 15.1. The standard InChI is InChI=1S/C12H17F3O/c1-5-10(12(13,14)15)7-9(4)11(16)6-8(2)3/h5,7-9H,1,6H2,2-4H3/b10-7+/t9-/m0/s1. The summed E-state index contributed by atoms with van der Waals surface area (Å²) < 4.78 is 37.1. The van der Waals surface area contributed by atoms with Gasteiger partial charge in [0, 0.05) is 12.3 Å². The number of ketones is 1. The minimum atomic E-state index is -4.44. The van der Waals surface area contributed by atoms with Crippen molar-refractivity contribution >= 4 is 5.78 Å². The highest BCUT2D eigenvalue weighted by atomic mass is 19.4. The van der Waals surface area contributed by atoms with Crippen LogP contribution in [0.4, 0.5) is 13.2 Å². The number of hydrogen-bond donors (Lipinski definition) is 0. The second-order valence-electron chi connectivity index (χ2n) is 4.18. The molecule has 0 saturated heterocycles. The van der Waals surface area contributed by atoms with Crippen LogP contribution in [0, 0.1) is 11.8 Å². The van der Waals surface area contributed by atoms with E-state index >= 15 is 0 Å². The zero-order valence-electron chi connectivity index (χ0n) is 9.77. The fraction of sp³-hybridized carbons (Fsp3) is 0.583. The van der Waals surface area contributed by atoms with E-state index in [0.717, 1.165) is 12.2 Å². The Morgan fingerprint density at radius 3 is 2.12 bits per heavy atom. The summed E-state index contributed by atoms with van der Waals surface area (Å²) in [5.41, 5.74) is -0.850. The third-order valence-corrected chi connectivity index (χ3v) is 2.09. The summed E-state index contributed by atoms with van der Waals surface area (Å²) in [4.78, 5) is 11.5. The average Bonchev–Trinajstić information content (AvgIpc) is 2.10. The van der Waals surface area contributed by atoms with Crippen LogP contribution in [0.1, 0.15) is 27.2 Å². The molecule has 0 aliphatic heterocycles. The largest absolute Gasteiger partial charge is 0.416 e. The molecular weight excluding hydrogens is 217 g/mol. The van der Waals surface area contributed by atoms with E-state index in [4.69, 9.17) is 0 Å². The quantitative estimate of drug-likeness (QED) is 0.659. The third-order valence-electron chi connectivity index (χ3n) is 2.09. The lowest BCUT2D eigenvalue weighted by molar-refractivity contribution is -0.121. The average molecular weight is 234 g/mol. The van der Waals surface area contributed by atoms with Crippen molar-refractivity contribution in [2.45, 2.75) is 33.4 Å². The first-order valence-electron chi connectivity index (χ1n) is 5.12. The molecule has 0 N–H and O–H groups in total. The van der Waals surface area contributed by atoms with E-state index in [1.807, 2.05) is 13.8 Å². The molecule has 0 fully saturated rings. The number of alkyl halides is 3. The van der Waals surface area contributed by atoms with Gasteiger partial charge < -0.3 is 0 Å². The van der Waals surface area contributed by atoms with E-state index in [1.165, 1.54) is 6.92 Å². The van der Waals surface area contributed by atoms with Crippen molar-refractivity contribution < 1.29 is 18.0 Å². The molecule has 0 radical (unpaired) electrons. The SMILES string of the molecule is C=C/C(=C\[C@H](C)C(=O)CC(C)C)C(F)(F)F. The molecular formula is C12H17F3O. The van der Waals surface area contributed by atoms with Crippen LogP contribution in [0.25, 0.3) is 0 Å². The van der Waals surface area contributed by atoms with Crippen molar-refractivity contribution in [3.63, 3.8) is 0 Å². The van der Waals surface area contributed by atoms with Gasteiger partial charge in [0.2, 0.25) is 0 Å². The molecule has 16 heavy (non-hydrogen) atoms. The van der Waals surface area contributed by atoms with Gasteiger partial charge in [-0.15, -0.1) is 0 Å². The van der Waals surface area contributed by atoms with Crippen LogP contribution < -0.4 is 0 Å². The highest BCUT2D eigenvalue weighted by Gasteiger charge is 2.32. The Labute approximate surface area is 94.0 Å². The van der Waals surface area contributed by atoms with Crippen LogP contribution in [-0.4, -0.2) is 12.0 Å². The third kappa shape index (κ3) is 5.14. The highest BCUT2D eigenvalue weighted by molar-refractivity contribution is 5.82. The van der Waals surface area contributed by atoms with Crippen molar-refractivity contribution in [3.05, 3.63) is 24.3 Å². The summed E-state index contributed by atoms with van der Waals surface area (Å²) >= 11 is 0. The Kier molecular flexibility index (Phi) is 5.48. The van der Waals surface area contributed by atoms with Crippen molar-refractivity contribution in [2.75, 3.05) is 0 Å². The molecule has 0 spiro atoms. The van der Waals surface area contributed by atoms with Crippen LogP contribution in [-0.2, 0) is 4.79 Å². The minimum Gasteiger partial charge on any atom is -0.299 e. The van der Waals surface area contributed by atoms with Crippen molar-refractivity contribution in [3.8, 4) is 0 Å². The van der Waals surface area contributed by atoms with E-state index in [-0.39, 0.29) is 11.7 Å². The molecule has 4 heteroatoms. The molecule has 0 heterocycles. The van der Waals surface area contributed by atoms with Crippen LogP contribution in [0.3, 0.4) is 0 Å². The molecule has 0 rings (SSSR count). The zero-order chi connectivity index (χ0) is 12.9. The number of rotatable bonds is 5. The minimum absolute atomic E-state index is 0.154. The second kappa shape index (κ2) is 5.87. The fourth-order valence-electron chi connectivity index (χ4n) is 1.23. The molecule has 1 atom stereocenters. The smallest absolute Gasteiger partial charge is 0.299 e. The van der Waals surface area contributed by atoms with Gasteiger partial charge in [-0.05, 0) is 5.92 Å². The summed E-state index contributed by atoms with van der Waals surface area (Å²) in [6, 6.07) is 0. The molecule has 0 amide bonds. The van der Waals surface area contributed by atoms with E-state index in [0.29, 0.717) is 6.42 Å². The summed E-state index contributed by atoms with van der Waals surface area (Å²) in [5.74, 6) is -0.753. The lowest BCUT2D eigenvalue weighted by Gasteiger charge is -2.12. The molecule has 0 saturated carbocycles. The molecule has 0 bridgehead atoms. The Morgan fingerprint density at radius 1 is 1.31 bits per heavy atom. The van der Waals surface area contributed by atoms with Crippen LogP contribution in [0.2, 0.25) is 0 Å². The van der Waals surface area contributed by atoms with Gasteiger partial charge in [0.15, 0.2) is 0 Å². The Hall–Kier alpha value is -1.06. The molecule has 92 valence electrons. The lowest BCUT2D eigenvalue weighted by Crippen LogP contribution is -2.16. The maximum atomic E-state index is 12.4. The first-order valence-corrected chi connectivity index (χ1v) is 5.12. The topological polar surface area (TPSA) is 17.1 Å². The predicted octanol–water partition coefficient (Wildman–Crippen LogP) is 3.91. The summed E-state index contributed by atoms with van der Waals surface area (Å²) in [6.07, 6.45) is -2.48. The monoisotopic (exact) mass is 234 g/mol. The van der Waals surface area contributed by atoms with Gasteiger partial charge in [-0.3, -0.25) is 4.79 Å². The van der Waals surface area contributed by atoms with E-state index < -0.39 is 17.7 Å². The number of hydrogen-bond acceptors (Lipinski definition) is 1. The summed E-state index contributed by atoms with van der Waals surface area (Å²) in [7, 11) is 0. The number of carbonyl (C=O) groups is 1. The van der Waals surface area contributed by atoms with E-state index in [2.05, 4.69) is 6.58 Å². The number of carbonyl (C=O) groups excluding carboxylic acids is 1. The maximum absolute atomic E-state index is 12.4. The van der Waals surface area contributed by atoms with Gasteiger partial charge in [0.05, 0.1) is 5.57 Å². The Balaban J connectivity index is 4.73.